The van der Waals surface area contributed by atoms with Gasteiger partial charge in [0.2, 0.25) is 11.8 Å². The normalized spacial score (nSPS) is 17.8. The molecule has 2 aliphatic rings. The maximum Gasteiger partial charge on any atom is 0.407 e. The van der Waals surface area contributed by atoms with Crippen molar-refractivity contribution in [1.82, 2.24) is 40.4 Å². The number of rotatable bonds is 11. The number of nitrogens with zero attached hydrogens (tertiary/aromatic N) is 4. The van der Waals surface area contributed by atoms with Gasteiger partial charge in [-0.05, 0) is 64.3 Å². The van der Waals surface area contributed by atoms with Crippen LogP contribution >= 0.6 is 11.8 Å². The van der Waals surface area contributed by atoms with Gasteiger partial charge in [0.15, 0.2) is 0 Å². The Morgan fingerprint density at radius 1 is 0.690 bits per heavy atom. The van der Waals surface area contributed by atoms with Crippen molar-refractivity contribution in [2.45, 2.75) is 64.7 Å². The summed E-state index contributed by atoms with van der Waals surface area (Å²) in [7, 11) is 2.58. The zero-order chi connectivity index (χ0) is 41.1. The first-order valence-electron chi connectivity index (χ1n) is 19.6. The number of carbonyl (C=O) groups excluding carboxylic acids is 4. The molecule has 15 heteroatoms. The Labute approximate surface area is 341 Å². The summed E-state index contributed by atoms with van der Waals surface area (Å²) in [5.74, 6) is 2.13. The van der Waals surface area contributed by atoms with Crippen LogP contribution in [0.2, 0.25) is 0 Å². The number of aromatic amines is 2. The number of likely N-dealkylation sites (tertiary alicyclic amines) is 1. The molecule has 0 bridgehead atoms. The molecule has 14 nitrogen and oxygen atoms in total. The zero-order valence-corrected chi connectivity index (χ0v) is 34.4. The van der Waals surface area contributed by atoms with Gasteiger partial charge >= 0.3 is 12.2 Å². The molecule has 4 atom stereocenters. The lowest BCUT2D eigenvalue weighted by Gasteiger charge is -2.30. The molecule has 0 saturated carbocycles. The van der Waals surface area contributed by atoms with Gasteiger partial charge in [-0.2, -0.15) is 0 Å². The molecule has 4 N–H and O–H groups in total. The number of thioether (sulfide) groups is 1. The quantitative estimate of drug-likeness (QED) is 0.107. The van der Waals surface area contributed by atoms with Crippen molar-refractivity contribution in [3.05, 3.63) is 84.7 Å². The van der Waals surface area contributed by atoms with Crippen LogP contribution in [0.15, 0.2) is 73.1 Å². The number of aromatic nitrogens is 4. The van der Waals surface area contributed by atoms with Crippen LogP contribution in [0.4, 0.5) is 9.59 Å². The van der Waals surface area contributed by atoms with E-state index in [4.69, 9.17) is 14.5 Å². The first-order chi connectivity index (χ1) is 27.9. The lowest BCUT2D eigenvalue weighted by molar-refractivity contribution is -0.136. The Hall–Kier alpha value is -5.83. The number of ether oxygens (including phenoxy) is 2. The number of nitrogens with one attached hydrogen (secondary N) is 4. The molecule has 7 rings (SSSR count). The first kappa shape index (κ1) is 40.4. The van der Waals surface area contributed by atoms with E-state index in [1.54, 1.807) is 16.7 Å². The van der Waals surface area contributed by atoms with Crippen molar-refractivity contribution in [2.24, 2.45) is 11.8 Å². The summed E-state index contributed by atoms with van der Waals surface area (Å²) >= 11 is 1.65. The second-order valence-electron chi connectivity index (χ2n) is 15.4. The van der Waals surface area contributed by atoms with Crippen molar-refractivity contribution in [3.8, 4) is 33.6 Å². The molecule has 0 radical (unpaired) electrons. The monoisotopic (exact) mass is 806 g/mol. The Morgan fingerprint density at radius 2 is 1.19 bits per heavy atom. The van der Waals surface area contributed by atoms with Gasteiger partial charge < -0.3 is 39.9 Å². The van der Waals surface area contributed by atoms with E-state index in [1.807, 2.05) is 45.0 Å². The average molecular weight is 807 g/mol. The third kappa shape index (κ3) is 8.40. The number of hydrogen-bond acceptors (Lipinski definition) is 9. The van der Waals surface area contributed by atoms with E-state index in [-0.39, 0.29) is 35.7 Å². The van der Waals surface area contributed by atoms with Gasteiger partial charge in [0.05, 0.1) is 56.0 Å². The lowest BCUT2D eigenvalue weighted by Crippen LogP contribution is -2.51. The molecule has 4 amide bonds. The van der Waals surface area contributed by atoms with Crippen LogP contribution in [-0.4, -0.2) is 98.2 Å². The molecular weight excluding hydrogens is 757 g/mol. The van der Waals surface area contributed by atoms with E-state index in [0.717, 1.165) is 63.1 Å². The predicted molar refractivity (Wildman–Crippen MR) is 223 cm³/mol. The number of alkyl carbamates (subject to hydrolysis) is 2. The fourth-order valence-corrected chi connectivity index (χ4v) is 8.87. The summed E-state index contributed by atoms with van der Waals surface area (Å²) in [5.41, 5.74) is 5.86. The Balaban J connectivity index is 1.02. The molecule has 2 aliphatic heterocycles. The molecule has 5 aromatic rings. The van der Waals surface area contributed by atoms with E-state index in [1.165, 1.54) is 14.2 Å². The molecule has 0 unspecified atom stereocenters. The largest absolute Gasteiger partial charge is 0.453 e. The van der Waals surface area contributed by atoms with Gasteiger partial charge in [-0.15, -0.1) is 11.8 Å². The van der Waals surface area contributed by atoms with Gasteiger partial charge in [-0.3, -0.25) is 9.59 Å². The summed E-state index contributed by atoms with van der Waals surface area (Å²) in [6.45, 7) is 8.19. The number of imidazole rings is 2. The van der Waals surface area contributed by atoms with Crippen LogP contribution in [0.3, 0.4) is 0 Å². The summed E-state index contributed by atoms with van der Waals surface area (Å²) in [4.78, 5) is 70.9. The van der Waals surface area contributed by atoms with Crippen molar-refractivity contribution in [3.63, 3.8) is 0 Å². The Bertz CT molecular complexity index is 2290. The van der Waals surface area contributed by atoms with Crippen LogP contribution in [0, 0.1) is 11.8 Å². The number of H-pyrrole nitrogens is 2. The van der Waals surface area contributed by atoms with Crippen molar-refractivity contribution < 1.29 is 28.7 Å². The molecule has 3 aromatic carbocycles. The van der Waals surface area contributed by atoms with E-state index < -0.39 is 24.3 Å². The number of carbonyl (C=O) groups is 4. The fourth-order valence-electron chi connectivity index (χ4n) is 7.70. The fraction of sp³-hybridized carbons (Fsp3) is 0.395. The van der Waals surface area contributed by atoms with Crippen molar-refractivity contribution in [2.75, 3.05) is 32.4 Å². The second-order valence-corrected chi connectivity index (χ2v) is 16.4. The summed E-state index contributed by atoms with van der Waals surface area (Å²) in [6.07, 6.45) is 4.00. The van der Waals surface area contributed by atoms with Crippen LogP contribution in [0.1, 0.15) is 64.3 Å². The van der Waals surface area contributed by atoms with E-state index in [9.17, 15) is 19.2 Å². The summed E-state index contributed by atoms with van der Waals surface area (Å²) in [5, 5.41) is 7.58. The summed E-state index contributed by atoms with van der Waals surface area (Å²) in [6, 6.07) is 19.2. The average Bonchev–Trinajstić information content (AvgIpc) is 4.07. The SMILES string of the molecule is COC(=O)N[C@H](C(=O)N1CCC[C@H]1c1ncc(-c2ccc(-c3ccc4cc(-c5cnc([C@@H]6CSCN6C(=O)[C@@H](NC(=O)OC)C(C)C)[nH]5)ccc4c3)cc2)[nH]1)C(C)C. The third-order valence-corrected chi connectivity index (χ3v) is 12.0. The Kier molecular flexibility index (Phi) is 12.1. The molecule has 58 heavy (non-hydrogen) atoms. The maximum atomic E-state index is 13.6. The van der Waals surface area contributed by atoms with Crippen LogP contribution < -0.4 is 10.6 Å². The number of hydrogen-bond donors (Lipinski definition) is 4. The third-order valence-electron chi connectivity index (χ3n) is 11.0. The van der Waals surface area contributed by atoms with Gasteiger partial charge in [0.25, 0.3) is 0 Å². The van der Waals surface area contributed by atoms with Gasteiger partial charge in [0.1, 0.15) is 23.7 Å². The van der Waals surface area contributed by atoms with Crippen molar-refractivity contribution in [1.29, 1.82) is 0 Å². The molecule has 2 saturated heterocycles. The van der Waals surface area contributed by atoms with Crippen LogP contribution in [0.5, 0.6) is 0 Å². The van der Waals surface area contributed by atoms with Crippen LogP contribution in [0.25, 0.3) is 44.4 Å². The highest BCUT2D eigenvalue weighted by atomic mass is 32.2. The molecule has 4 heterocycles. The second kappa shape index (κ2) is 17.3. The minimum Gasteiger partial charge on any atom is -0.453 e. The maximum absolute atomic E-state index is 13.6. The lowest BCUT2D eigenvalue weighted by atomic mass is 9.98. The molecule has 0 spiro atoms. The molecule has 2 fully saturated rings. The molecule has 304 valence electrons. The molecule has 2 aromatic heterocycles. The van der Waals surface area contributed by atoms with Crippen molar-refractivity contribution >= 4 is 46.5 Å². The number of benzene rings is 3. The number of fused-ring (bicyclic) bond motifs is 1. The highest BCUT2D eigenvalue weighted by Crippen LogP contribution is 2.36. The van der Waals surface area contributed by atoms with Gasteiger partial charge in [-0.25, -0.2) is 19.6 Å². The minimum absolute atomic E-state index is 0.105. The zero-order valence-electron chi connectivity index (χ0n) is 33.6. The van der Waals surface area contributed by atoms with E-state index in [0.29, 0.717) is 24.0 Å². The van der Waals surface area contributed by atoms with Crippen LogP contribution in [-0.2, 0) is 19.1 Å². The molecular formula is C43H50N8O6S. The Morgan fingerprint density at radius 3 is 1.78 bits per heavy atom. The first-order valence-corrected chi connectivity index (χ1v) is 20.7. The number of amides is 4. The topological polar surface area (TPSA) is 175 Å². The smallest absolute Gasteiger partial charge is 0.407 e. The van der Waals surface area contributed by atoms with Gasteiger partial charge in [0, 0.05) is 17.9 Å². The standard InChI is InChI=1S/C43H50N8O6S/c1-24(2)36(48-42(54)56-5)40(52)50-17-7-8-34(50)38-44-20-32(46-38)27-11-9-26(10-12-27)28-13-14-30-19-31(16-15-29(30)18-28)33-21-45-39(47-33)35-22-58-23-51(35)41(53)37(25(3)4)49-43(55)57-6/h9-16,18-21,24-25,34-37H,7-8,17,22-23H2,1-6H3,(H,44,46)(H,45,47)(H,48,54)(H,49,55)/t34-,35-,36-,37-/m0/s1. The minimum atomic E-state index is -0.701. The van der Waals surface area contributed by atoms with E-state index in [2.05, 4.69) is 86.2 Å². The predicted octanol–water partition coefficient (Wildman–Crippen LogP) is 7.29. The van der Waals surface area contributed by atoms with E-state index >= 15 is 0 Å². The highest BCUT2D eigenvalue weighted by Gasteiger charge is 2.39. The summed E-state index contributed by atoms with van der Waals surface area (Å²) < 4.78 is 9.52. The highest BCUT2D eigenvalue weighted by molar-refractivity contribution is 7.99. The number of methoxy groups -OCH3 is 2. The van der Waals surface area contributed by atoms with Gasteiger partial charge in [-0.1, -0.05) is 76.2 Å². The molecule has 0 aliphatic carbocycles.